The van der Waals surface area contributed by atoms with Crippen LogP contribution in [0.25, 0.3) is 0 Å². The van der Waals surface area contributed by atoms with Gasteiger partial charge < -0.3 is 9.09 Å². The predicted octanol–water partition coefficient (Wildman–Crippen LogP) is 7.08. The molecule has 0 radical (unpaired) electrons. The van der Waals surface area contributed by atoms with Gasteiger partial charge in [-0.2, -0.15) is 4.98 Å². The number of amides is 1. The Morgan fingerprint density at radius 3 is 1.68 bits per heavy atom. The van der Waals surface area contributed by atoms with Crippen molar-refractivity contribution in [2.24, 2.45) is 5.92 Å². The molecule has 1 fully saturated rings. The molecule has 4 aromatic rings. The molecule has 3 aromatic carbocycles. The fourth-order valence-electron chi connectivity index (χ4n) is 5.22. The number of thioether (sulfide) groups is 1. The van der Waals surface area contributed by atoms with Gasteiger partial charge in [0.25, 0.3) is 0 Å². The van der Waals surface area contributed by atoms with E-state index in [0.29, 0.717) is 5.89 Å². The lowest BCUT2D eigenvalue weighted by Gasteiger charge is -2.59. The van der Waals surface area contributed by atoms with E-state index in [1.165, 1.54) is 0 Å². The van der Waals surface area contributed by atoms with Gasteiger partial charge in [0.15, 0.2) is 8.24 Å². The van der Waals surface area contributed by atoms with Gasteiger partial charge in [-0.15, -0.1) is 11.8 Å². The van der Waals surface area contributed by atoms with E-state index >= 15 is 0 Å². The van der Waals surface area contributed by atoms with Gasteiger partial charge in [-0.25, -0.2) is 0 Å². The number of carbonyl (C=O) groups is 2. The van der Waals surface area contributed by atoms with E-state index < -0.39 is 30.1 Å². The number of nitrogens with zero attached hydrogens (tertiary/aromatic N) is 3. The molecule has 1 aliphatic rings. The molecule has 0 spiro atoms. The minimum absolute atomic E-state index is 0.0407. The first-order valence-electron chi connectivity index (χ1n) is 13.5. The van der Waals surface area contributed by atoms with Crippen molar-refractivity contribution in [2.45, 2.75) is 55.9 Å². The fourth-order valence-corrected chi connectivity index (χ4v) is 10.1. The summed E-state index contributed by atoms with van der Waals surface area (Å²) in [6.45, 7) is 12.6. The Morgan fingerprint density at radius 2 is 1.30 bits per heavy atom. The Hall–Kier alpha value is -3.49. The molecule has 1 aromatic heterocycles. The highest BCUT2D eigenvalue weighted by molar-refractivity contribution is 8.01. The van der Waals surface area contributed by atoms with E-state index in [0.717, 1.165) is 16.7 Å². The number of hydrogen-bond acceptors (Lipinski definition) is 6. The minimum atomic E-state index is -2.39. The number of β-lactam (4-membered cyclic amide) rings is 1. The third-order valence-electron chi connectivity index (χ3n) is 8.35. The van der Waals surface area contributed by atoms with Gasteiger partial charge >= 0.3 is 0 Å². The van der Waals surface area contributed by atoms with Crippen LogP contribution < -0.4 is 0 Å². The SMILES string of the molecule is Cc1nc(C(=O)C2C(=O)N([Si](C)(C)C(C)(C)C)C2SC(c2ccccc2)(c2ccccc2)c2ccccc2)no1. The largest absolute Gasteiger partial charge is 0.356 e. The van der Waals surface area contributed by atoms with Crippen LogP contribution in [0, 0.1) is 12.8 Å². The summed E-state index contributed by atoms with van der Waals surface area (Å²) >= 11 is 1.66. The Kier molecular flexibility index (Phi) is 7.35. The van der Waals surface area contributed by atoms with Gasteiger partial charge in [-0.1, -0.05) is 130 Å². The normalized spacial score (nSPS) is 17.9. The second-order valence-corrected chi connectivity index (χ2v) is 18.2. The van der Waals surface area contributed by atoms with E-state index in [2.05, 4.69) is 80.4 Å². The molecule has 2 unspecified atom stereocenters. The topological polar surface area (TPSA) is 76.3 Å². The quantitative estimate of drug-likeness (QED) is 0.0742. The summed E-state index contributed by atoms with van der Waals surface area (Å²) in [5.74, 6) is -1.20. The minimum Gasteiger partial charge on any atom is -0.356 e. The molecule has 5 rings (SSSR count). The van der Waals surface area contributed by atoms with Crippen LogP contribution in [0.4, 0.5) is 0 Å². The van der Waals surface area contributed by atoms with Crippen molar-refractivity contribution < 1.29 is 14.1 Å². The van der Waals surface area contributed by atoms with Crippen molar-refractivity contribution in [3.05, 3.63) is 119 Å². The Balaban J connectivity index is 1.73. The maximum atomic E-state index is 14.0. The molecule has 1 aliphatic heterocycles. The summed E-state index contributed by atoms with van der Waals surface area (Å²) in [5, 5.41) is 3.34. The van der Waals surface area contributed by atoms with Crippen LogP contribution in [-0.2, 0) is 9.54 Å². The number of ketones is 1. The van der Waals surface area contributed by atoms with Crippen LogP contribution in [0.3, 0.4) is 0 Å². The molecular weight excluding hydrogens is 535 g/mol. The van der Waals surface area contributed by atoms with Crippen molar-refractivity contribution in [1.82, 2.24) is 14.7 Å². The highest BCUT2D eigenvalue weighted by Gasteiger charge is 2.62. The molecule has 0 saturated carbocycles. The molecule has 0 aliphatic carbocycles. The third kappa shape index (κ3) is 4.63. The summed E-state index contributed by atoms with van der Waals surface area (Å²) in [5.41, 5.74) is 3.23. The summed E-state index contributed by atoms with van der Waals surface area (Å²) in [7, 11) is -2.39. The molecule has 2 atom stereocenters. The first kappa shape index (κ1) is 28.1. The van der Waals surface area contributed by atoms with Crippen LogP contribution in [-0.4, -0.2) is 40.0 Å². The second-order valence-electron chi connectivity index (χ2n) is 11.8. The summed E-state index contributed by atoms with van der Waals surface area (Å²) in [4.78, 5) is 32.1. The van der Waals surface area contributed by atoms with Crippen LogP contribution in [0.1, 0.15) is 54.0 Å². The monoisotopic (exact) mass is 569 g/mol. The van der Waals surface area contributed by atoms with Crippen molar-refractivity contribution in [3.63, 3.8) is 0 Å². The number of hydrogen-bond donors (Lipinski definition) is 0. The predicted molar refractivity (Wildman–Crippen MR) is 161 cm³/mol. The van der Waals surface area contributed by atoms with Gasteiger partial charge in [0.2, 0.25) is 23.4 Å². The number of benzene rings is 3. The standard InChI is InChI=1S/C32H35N3O3SSi/c1-22-33-28(34-38-22)27(36)26-29(37)35(40(5,6)31(2,3)4)30(26)39-32(23-16-10-7-11-17-23,24-18-12-8-13-19-24)25-20-14-9-15-21-25/h7-21,26,30H,1-6H3. The van der Waals surface area contributed by atoms with Crippen LogP contribution >= 0.6 is 11.8 Å². The maximum absolute atomic E-state index is 14.0. The lowest BCUT2D eigenvalue weighted by Crippen LogP contribution is -2.73. The smallest absolute Gasteiger partial charge is 0.239 e. The Morgan fingerprint density at radius 1 is 0.850 bits per heavy atom. The molecule has 0 bridgehead atoms. The summed E-state index contributed by atoms with van der Waals surface area (Å²) in [6.07, 6.45) is 0. The van der Waals surface area contributed by atoms with Gasteiger partial charge in [-0.05, 0) is 21.7 Å². The average molecular weight is 570 g/mol. The molecule has 40 heavy (non-hydrogen) atoms. The van der Waals surface area contributed by atoms with E-state index in [-0.39, 0.29) is 16.8 Å². The highest BCUT2D eigenvalue weighted by atomic mass is 32.2. The zero-order valence-electron chi connectivity index (χ0n) is 23.8. The van der Waals surface area contributed by atoms with Crippen LogP contribution in [0.2, 0.25) is 18.1 Å². The van der Waals surface area contributed by atoms with E-state index in [4.69, 9.17) is 4.52 Å². The van der Waals surface area contributed by atoms with Crippen molar-refractivity contribution >= 4 is 31.7 Å². The first-order valence-corrected chi connectivity index (χ1v) is 17.3. The zero-order chi connectivity index (χ0) is 28.7. The van der Waals surface area contributed by atoms with Gasteiger partial charge in [0.1, 0.15) is 5.92 Å². The molecule has 1 amide bonds. The van der Waals surface area contributed by atoms with Crippen LogP contribution in [0.15, 0.2) is 95.5 Å². The number of aromatic nitrogens is 2. The van der Waals surface area contributed by atoms with Gasteiger partial charge in [-0.3, -0.25) is 9.59 Å². The lowest BCUT2D eigenvalue weighted by molar-refractivity contribution is -0.140. The van der Waals surface area contributed by atoms with Crippen LogP contribution in [0.5, 0.6) is 0 Å². The molecule has 206 valence electrons. The summed E-state index contributed by atoms with van der Waals surface area (Å²) in [6, 6.07) is 31.0. The lowest BCUT2D eigenvalue weighted by atomic mass is 9.84. The Bertz CT molecular complexity index is 1400. The number of aryl methyl sites for hydroxylation is 1. The van der Waals surface area contributed by atoms with Gasteiger partial charge in [0.05, 0.1) is 10.1 Å². The van der Waals surface area contributed by atoms with Crippen molar-refractivity contribution in [2.75, 3.05) is 0 Å². The van der Waals surface area contributed by atoms with E-state index in [1.54, 1.807) is 18.7 Å². The molecule has 0 N–H and O–H groups in total. The average Bonchev–Trinajstić information content (AvgIpc) is 3.38. The molecule has 1 saturated heterocycles. The maximum Gasteiger partial charge on any atom is 0.239 e. The molecular formula is C32H35N3O3SSi. The fraction of sp³-hybridized carbons (Fsp3) is 0.312. The number of carbonyl (C=O) groups excluding carboxylic acids is 2. The van der Waals surface area contributed by atoms with Crippen molar-refractivity contribution in [1.29, 1.82) is 0 Å². The Labute approximate surface area is 241 Å². The van der Waals surface area contributed by atoms with Crippen molar-refractivity contribution in [3.8, 4) is 0 Å². The highest BCUT2D eigenvalue weighted by Crippen LogP contribution is 2.57. The third-order valence-corrected chi connectivity index (χ3v) is 15.7. The van der Waals surface area contributed by atoms with E-state index in [9.17, 15) is 9.59 Å². The number of Topliss-reactive ketones (excluding diaryl/α,β-unsaturated/α-hetero) is 1. The zero-order valence-corrected chi connectivity index (χ0v) is 25.6. The summed E-state index contributed by atoms with van der Waals surface area (Å²) < 4.78 is 6.47. The second kappa shape index (κ2) is 10.5. The van der Waals surface area contributed by atoms with E-state index in [1.807, 2.05) is 59.2 Å². The molecule has 8 heteroatoms. The molecule has 6 nitrogen and oxygen atoms in total. The van der Waals surface area contributed by atoms with Gasteiger partial charge in [0, 0.05) is 6.92 Å². The first-order chi connectivity index (χ1) is 19.0. The molecule has 2 heterocycles. The number of rotatable bonds is 8.